The molecule has 0 atom stereocenters. The first-order chi connectivity index (χ1) is 9.05. The average Bonchev–Trinajstić information content (AvgIpc) is 2.34. The van der Waals surface area contributed by atoms with Gasteiger partial charge in [0.25, 0.3) is 10.0 Å². The van der Waals surface area contributed by atoms with Gasteiger partial charge in [-0.25, -0.2) is 13.4 Å². The van der Waals surface area contributed by atoms with Crippen LogP contribution in [0.15, 0.2) is 23.4 Å². The Hall–Kier alpha value is -0.980. The number of pyridine rings is 1. The Morgan fingerprint density at radius 2 is 2.16 bits per heavy atom. The van der Waals surface area contributed by atoms with Crippen molar-refractivity contribution in [3.63, 3.8) is 0 Å². The SMILES string of the molecule is CCNCc1ccc(S(=O)(=O)N(C)C2CCC2)nc1. The van der Waals surface area contributed by atoms with Crippen LogP contribution in [0.25, 0.3) is 0 Å². The van der Waals surface area contributed by atoms with Crippen LogP contribution in [-0.2, 0) is 16.6 Å². The van der Waals surface area contributed by atoms with Crippen LogP contribution in [0, 0.1) is 0 Å². The summed E-state index contributed by atoms with van der Waals surface area (Å²) in [5, 5.41) is 3.32. The number of sulfonamides is 1. The van der Waals surface area contributed by atoms with E-state index in [9.17, 15) is 8.42 Å². The lowest BCUT2D eigenvalue weighted by Gasteiger charge is -2.33. The fraction of sp³-hybridized carbons (Fsp3) is 0.615. The van der Waals surface area contributed by atoms with Gasteiger partial charge in [-0.3, -0.25) is 0 Å². The molecule has 0 aliphatic heterocycles. The molecule has 19 heavy (non-hydrogen) atoms. The Morgan fingerprint density at radius 3 is 2.63 bits per heavy atom. The zero-order valence-corrected chi connectivity index (χ0v) is 12.3. The molecule has 1 aromatic rings. The van der Waals surface area contributed by atoms with Crippen LogP contribution in [0.3, 0.4) is 0 Å². The lowest BCUT2D eigenvalue weighted by Crippen LogP contribution is -2.41. The number of nitrogens with zero attached hydrogens (tertiary/aromatic N) is 2. The smallest absolute Gasteiger partial charge is 0.260 e. The Balaban J connectivity index is 2.11. The van der Waals surface area contributed by atoms with Gasteiger partial charge in [-0.2, -0.15) is 4.31 Å². The first kappa shape index (κ1) is 14.4. The molecular weight excluding hydrogens is 262 g/mol. The lowest BCUT2D eigenvalue weighted by atomic mass is 9.94. The summed E-state index contributed by atoms with van der Waals surface area (Å²) in [5.74, 6) is 0. The van der Waals surface area contributed by atoms with E-state index < -0.39 is 10.0 Å². The van der Waals surface area contributed by atoms with Crippen molar-refractivity contribution in [3.8, 4) is 0 Å². The molecule has 106 valence electrons. The van der Waals surface area contributed by atoms with Crippen LogP contribution >= 0.6 is 0 Å². The van der Waals surface area contributed by atoms with E-state index in [4.69, 9.17) is 0 Å². The van der Waals surface area contributed by atoms with Crippen molar-refractivity contribution in [2.75, 3.05) is 13.6 Å². The zero-order chi connectivity index (χ0) is 13.9. The molecule has 1 aliphatic carbocycles. The highest BCUT2D eigenvalue weighted by Gasteiger charge is 2.32. The fourth-order valence-electron chi connectivity index (χ4n) is 2.03. The Kier molecular flexibility index (Phi) is 4.54. The second-order valence-electron chi connectivity index (χ2n) is 4.89. The van der Waals surface area contributed by atoms with Gasteiger partial charge in [0.2, 0.25) is 0 Å². The van der Waals surface area contributed by atoms with Gasteiger partial charge in [-0.1, -0.05) is 19.4 Å². The van der Waals surface area contributed by atoms with E-state index in [-0.39, 0.29) is 11.1 Å². The molecule has 1 heterocycles. The Labute approximate surface area is 115 Å². The molecule has 6 heteroatoms. The summed E-state index contributed by atoms with van der Waals surface area (Å²) in [6.07, 6.45) is 4.65. The van der Waals surface area contributed by atoms with Crippen LogP contribution in [-0.4, -0.2) is 37.3 Å². The first-order valence-electron chi connectivity index (χ1n) is 6.69. The molecule has 0 spiro atoms. The second-order valence-corrected chi connectivity index (χ2v) is 6.84. The third-order valence-corrected chi connectivity index (χ3v) is 5.44. The van der Waals surface area contributed by atoms with Crippen molar-refractivity contribution in [1.29, 1.82) is 0 Å². The molecule has 0 saturated heterocycles. The molecule has 0 amide bonds. The molecule has 1 N–H and O–H groups in total. The molecule has 5 nitrogen and oxygen atoms in total. The van der Waals surface area contributed by atoms with Crippen molar-refractivity contribution in [2.45, 2.75) is 43.8 Å². The van der Waals surface area contributed by atoms with Gasteiger partial charge < -0.3 is 5.32 Å². The van der Waals surface area contributed by atoms with Crippen molar-refractivity contribution in [2.24, 2.45) is 0 Å². The first-order valence-corrected chi connectivity index (χ1v) is 8.13. The van der Waals surface area contributed by atoms with Crippen molar-refractivity contribution >= 4 is 10.0 Å². The molecule has 0 unspecified atom stereocenters. The average molecular weight is 283 g/mol. The number of aromatic nitrogens is 1. The minimum Gasteiger partial charge on any atom is -0.313 e. The normalized spacial score (nSPS) is 16.6. The number of nitrogens with one attached hydrogen (secondary N) is 1. The standard InChI is InChI=1S/C13H21N3O2S/c1-3-14-9-11-7-8-13(15-10-11)19(17,18)16(2)12-5-4-6-12/h7-8,10,12,14H,3-6,9H2,1-2H3. The second kappa shape index (κ2) is 5.98. The van der Waals surface area contributed by atoms with E-state index in [1.54, 1.807) is 19.3 Å². The number of rotatable bonds is 6. The summed E-state index contributed by atoms with van der Waals surface area (Å²) in [5.41, 5.74) is 0.993. The van der Waals surface area contributed by atoms with Gasteiger partial charge in [0, 0.05) is 25.8 Å². The fourth-order valence-corrected chi connectivity index (χ4v) is 3.36. The van der Waals surface area contributed by atoms with Gasteiger partial charge >= 0.3 is 0 Å². The lowest BCUT2D eigenvalue weighted by molar-refractivity contribution is 0.249. The predicted molar refractivity (Wildman–Crippen MR) is 74.2 cm³/mol. The summed E-state index contributed by atoms with van der Waals surface area (Å²) in [4.78, 5) is 4.10. The number of hydrogen-bond acceptors (Lipinski definition) is 4. The maximum atomic E-state index is 12.3. The summed E-state index contributed by atoms with van der Waals surface area (Å²) in [7, 11) is -1.79. The third kappa shape index (κ3) is 3.13. The molecule has 1 aromatic heterocycles. The Morgan fingerprint density at radius 1 is 1.42 bits per heavy atom. The van der Waals surface area contributed by atoms with E-state index in [0.29, 0.717) is 6.54 Å². The van der Waals surface area contributed by atoms with E-state index in [0.717, 1.165) is 31.4 Å². The van der Waals surface area contributed by atoms with Gasteiger partial charge in [0.15, 0.2) is 5.03 Å². The van der Waals surface area contributed by atoms with Crippen LogP contribution < -0.4 is 5.32 Å². The van der Waals surface area contributed by atoms with Crippen molar-refractivity contribution < 1.29 is 8.42 Å². The summed E-state index contributed by atoms with van der Waals surface area (Å²) in [6.45, 7) is 3.62. The molecule has 2 rings (SSSR count). The highest BCUT2D eigenvalue weighted by atomic mass is 32.2. The highest BCUT2D eigenvalue weighted by Crippen LogP contribution is 2.27. The van der Waals surface area contributed by atoms with Crippen LogP contribution in [0.4, 0.5) is 0 Å². The van der Waals surface area contributed by atoms with E-state index in [1.807, 2.05) is 13.0 Å². The topological polar surface area (TPSA) is 62.3 Å². The molecule has 1 aliphatic rings. The largest absolute Gasteiger partial charge is 0.313 e. The van der Waals surface area contributed by atoms with Gasteiger partial charge in [-0.15, -0.1) is 0 Å². The van der Waals surface area contributed by atoms with Crippen molar-refractivity contribution in [3.05, 3.63) is 23.9 Å². The third-order valence-electron chi connectivity index (χ3n) is 3.61. The van der Waals surface area contributed by atoms with E-state index >= 15 is 0 Å². The van der Waals surface area contributed by atoms with Gasteiger partial charge in [0.1, 0.15) is 0 Å². The molecule has 1 fully saturated rings. The van der Waals surface area contributed by atoms with Crippen molar-refractivity contribution in [1.82, 2.24) is 14.6 Å². The minimum absolute atomic E-state index is 0.141. The quantitative estimate of drug-likeness (QED) is 0.856. The molecule has 1 saturated carbocycles. The Bertz CT molecular complexity index is 509. The monoisotopic (exact) mass is 283 g/mol. The summed E-state index contributed by atoms with van der Waals surface area (Å²) < 4.78 is 26.1. The molecular formula is C13H21N3O2S. The predicted octanol–water partition coefficient (Wildman–Crippen LogP) is 1.36. The maximum absolute atomic E-state index is 12.3. The number of hydrogen-bond donors (Lipinski definition) is 1. The van der Waals surface area contributed by atoms with Crippen LogP contribution in [0.5, 0.6) is 0 Å². The molecule has 0 bridgehead atoms. The van der Waals surface area contributed by atoms with Crippen LogP contribution in [0.2, 0.25) is 0 Å². The van der Waals surface area contributed by atoms with Gasteiger partial charge in [0.05, 0.1) is 0 Å². The maximum Gasteiger partial charge on any atom is 0.260 e. The zero-order valence-electron chi connectivity index (χ0n) is 11.5. The van der Waals surface area contributed by atoms with E-state index in [2.05, 4.69) is 10.3 Å². The summed E-state index contributed by atoms with van der Waals surface area (Å²) in [6, 6.07) is 3.56. The van der Waals surface area contributed by atoms with Crippen LogP contribution in [0.1, 0.15) is 31.7 Å². The van der Waals surface area contributed by atoms with Gasteiger partial charge in [-0.05, 0) is 31.0 Å². The molecule has 0 radical (unpaired) electrons. The highest BCUT2D eigenvalue weighted by molar-refractivity contribution is 7.89. The molecule has 0 aromatic carbocycles. The van der Waals surface area contributed by atoms with E-state index in [1.165, 1.54) is 4.31 Å². The summed E-state index contributed by atoms with van der Waals surface area (Å²) >= 11 is 0. The minimum atomic E-state index is -3.43.